The van der Waals surface area contributed by atoms with Gasteiger partial charge in [0.2, 0.25) is 0 Å². The van der Waals surface area contributed by atoms with E-state index >= 15 is 0 Å². The summed E-state index contributed by atoms with van der Waals surface area (Å²) in [6.07, 6.45) is 16.7. The highest BCUT2D eigenvalue weighted by atomic mass is 16.3. The van der Waals surface area contributed by atoms with E-state index < -0.39 is 0 Å². The molecule has 0 aromatic carbocycles. The number of aldehydes is 1. The zero-order valence-corrected chi connectivity index (χ0v) is 14.3. The molecule has 21 heavy (non-hydrogen) atoms. The lowest BCUT2D eigenvalue weighted by Crippen LogP contribution is -2.12. The smallest absolute Gasteiger partial charge is 0.125 e. The minimum Gasteiger partial charge on any atom is -0.393 e. The Bertz CT molecular complexity index is 258. The molecule has 0 aliphatic carbocycles. The van der Waals surface area contributed by atoms with Gasteiger partial charge in [0.1, 0.15) is 6.29 Å². The maximum Gasteiger partial charge on any atom is 0.125 e. The van der Waals surface area contributed by atoms with E-state index in [9.17, 15) is 9.90 Å². The van der Waals surface area contributed by atoms with Crippen molar-refractivity contribution in [2.24, 2.45) is 5.41 Å². The highest BCUT2D eigenvalue weighted by Gasteiger charge is 2.14. The van der Waals surface area contributed by atoms with E-state index in [1.165, 1.54) is 51.4 Å². The van der Waals surface area contributed by atoms with Crippen molar-refractivity contribution in [2.45, 2.75) is 97.0 Å². The number of rotatable bonds is 15. The summed E-state index contributed by atoms with van der Waals surface area (Å²) < 4.78 is 0. The minimum absolute atomic E-state index is 0.129. The first-order valence-electron chi connectivity index (χ1n) is 8.77. The number of carbonyl (C=O) groups excluding carboxylic acids is 1. The SMILES string of the molecule is C=CCC(O)CCCCCCCCCCCC(C)(C)C=O. The van der Waals surface area contributed by atoms with Crippen LogP contribution >= 0.6 is 0 Å². The summed E-state index contributed by atoms with van der Waals surface area (Å²) in [5, 5.41) is 9.55. The van der Waals surface area contributed by atoms with Gasteiger partial charge in [0.25, 0.3) is 0 Å². The molecule has 1 atom stereocenters. The van der Waals surface area contributed by atoms with Crippen LogP contribution in [0.3, 0.4) is 0 Å². The molecule has 0 aliphatic rings. The first-order chi connectivity index (χ1) is 10.0. The van der Waals surface area contributed by atoms with Gasteiger partial charge < -0.3 is 9.90 Å². The molecule has 0 saturated carbocycles. The van der Waals surface area contributed by atoms with Gasteiger partial charge in [-0.3, -0.25) is 0 Å². The van der Waals surface area contributed by atoms with Gasteiger partial charge in [0, 0.05) is 5.41 Å². The van der Waals surface area contributed by atoms with Gasteiger partial charge in [-0.15, -0.1) is 6.58 Å². The zero-order chi connectivity index (χ0) is 16.0. The van der Waals surface area contributed by atoms with Crippen LogP contribution < -0.4 is 0 Å². The van der Waals surface area contributed by atoms with E-state index in [1.807, 2.05) is 13.8 Å². The summed E-state index contributed by atoms with van der Waals surface area (Å²) in [6, 6.07) is 0. The van der Waals surface area contributed by atoms with Crippen molar-refractivity contribution < 1.29 is 9.90 Å². The van der Waals surface area contributed by atoms with Crippen LogP contribution in [-0.2, 0) is 4.79 Å². The fraction of sp³-hybridized carbons (Fsp3) is 0.842. The van der Waals surface area contributed by atoms with Crippen molar-refractivity contribution in [1.82, 2.24) is 0 Å². The normalized spacial score (nSPS) is 13.1. The van der Waals surface area contributed by atoms with E-state index in [0.717, 1.165) is 32.0 Å². The Labute approximate surface area is 132 Å². The van der Waals surface area contributed by atoms with Crippen molar-refractivity contribution >= 4 is 6.29 Å². The molecule has 1 N–H and O–H groups in total. The van der Waals surface area contributed by atoms with Crippen molar-refractivity contribution in [2.75, 3.05) is 0 Å². The maximum absolute atomic E-state index is 10.8. The molecule has 2 nitrogen and oxygen atoms in total. The Morgan fingerprint density at radius 3 is 1.90 bits per heavy atom. The van der Waals surface area contributed by atoms with Crippen LogP contribution in [-0.4, -0.2) is 17.5 Å². The molecule has 0 spiro atoms. The van der Waals surface area contributed by atoms with Crippen molar-refractivity contribution in [3.05, 3.63) is 12.7 Å². The average Bonchev–Trinajstić information content (AvgIpc) is 2.45. The third kappa shape index (κ3) is 14.1. The van der Waals surface area contributed by atoms with Gasteiger partial charge in [-0.05, 0) is 19.3 Å². The quantitative estimate of drug-likeness (QED) is 0.248. The molecule has 0 aromatic rings. The molecule has 0 radical (unpaired) electrons. The van der Waals surface area contributed by atoms with Crippen molar-refractivity contribution in [3.8, 4) is 0 Å². The van der Waals surface area contributed by atoms with Crippen LogP contribution in [0.15, 0.2) is 12.7 Å². The van der Waals surface area contributed by atoms with E-state index in [0.29, 0.717) is 0 Å². The van der Waals surface area contributed by atoms with Crippen LogP contribution in [0.4, 0.5) is 0 Å². The minimum atomic E-state index is -0.182. The van der Waals surface area contributed by atoms with Crippen LogP contribution in [0.1, 0.15) is 90.9 Å². The Kier molecular flexibility index (Phi) is 12.7. The first kappa shape index (κ1) is 20.4. The maximum atomic E-state index is 10.8. The molecular weight excluding hydrogens is 260 g/mol. The lowest BCUT2D eigenvalue weighted by atomic mass is 9.88. The van der Waals surface area contributed by atoms with Gasteiger partial charge in [-0.2, -0.15) is 0 Å². The van der Waals surface area contributed by atoms with Gasteiger partial charge in [-0.1, -0.05) is 77.7 Å². The van der Waals surface area contributed by atoms with E-state index in [1.54, 1.807) is 6.08 Å². The monoisotopic (exact) mass is 296 g/mol. The fourth-order valence-electron chi connectivity index (χ4n) is 2.57. The molecule has 0 saturated heterocycles. The van der Waals surface area contributed by atoms with E-state index in [-0.39, 0.29) is 11.5 Å². The van der Waals surface area contributed by atoms with Crippen molar-refractivity contribution in [3.63, 3.8) is 0 Å². The number of unbranched alkanes of at least 4 members (excludes halogenated alkanes) is 8. The second-order valence-electron chi connectivity index (χ2n) is 7.01. The predicted octanol–water partition coefficient (Wildman–Crippen LogP) is 5.44. The second kappa shape index (κ2) is 13.1. The largest absolute Gasteiger partial charge is 0.393 e. The summed E-state index contributed by atoms with van der Waals surface area (Å²) in [6.45, 7) is 7.68. The average molecular weight is 296 g/mol. The summed E-state index contributed by atoms with van der Waals surface area (Å²) >= 11 is 0. The molecule has 0 aliphatic heterocycles. The standard InChI is InChI=1S/C19H36O2/c1-4-14-18(21)15-12-10-8-6-5-7-9-11-13-16-19(2,3)17-20/h4,17-18,21H,1,5-16H2,2-3H3. The number of hydrogen-bond acceptors (Lipinski definition) is 2. The summed E-state index contributed by atoms with van der Waals surface area (Å²) in [5.74, 6) is 0. The van der Waals surface area contributed by atoms with Crippen LogP contribution in [0, 0.1) is 5.41 Å². The molecule has 0 aromatic heterocycles. The van der Waals surface area contributed by atoms with Crippen LogP contribution in [0.25, 0.3) is 0 Å². The van der Waals surface area contributed by atoms with Gasteiger partial charge in [-0.25, -0.2) is 0 Å². The zero-order valence-electron chi connectivity index (χ0n) is 14.3. The third-order valence-electron chi connectivity index (χ3n) is 4.12. The van der Waals surface area contributed by atoms with Crippen LogP contribution in [0.2, 0.25) is 0 Å². The first-order valence-corrected chi connectivity index (χ1v) is 8.77. The Balaban J connectivity index is 3.19. The molecule has 1 unspecified atom stereocenters. The second-order valence-corrected chi connectivity index (χ2v) is 7.01. The van der Waals surface area contributed by atoms with Gasteiger partial charge in [0.05, 0.1) is 6.10 Å². The lowest BCUT2D eigenvalue weighted by molar-refractivity contribution is -0.115. The molecule has 124 valence electrons. The highest BCUT2D eigenvalue weighted by molar-refractivity contribution is 5.57. The number of aliphatic hydroxyl groups is 1. The lowest BCUT2D eigenvalue weighted by Gasteiger charge is -2.15. The summed E-state index contributed by atoms with van der Waals surface area (Å²) in [5.41, 5.74) is -0.129. The van der Waals surface area contributed by atoms with E-state index in [4.69, 9.17) is 0 Å². The molecule has 0 fully saturated rings. The topological polar surface area (TPSA) is 37.3 Å². The van der Waals surface area contributed by atoms with Crippen molar-refractivity contribution in [1.29, 1.82) is 0 Å². The molecule has 0 amide bonds. The van der Waals surface area contributed by atoms with Gasteiger partial charge in [0.15, 0.2) is 0 Å². The number of aliphatic hydroxyl groups excluding tert-OH is 1. The summed E-state index contributed by atoms with van der Waals surface area (Å²) in [7, 11) is 0. The van der Waals surface area contributed by atoms with Crippen LogP contribution in [0.5, 0.6) is 0 Å². The number of hydrogen-bond donors (Lipinski definition) is 1. The van der Waals surface area contributed by atoms with E-state index in [2.05, 4.69) is 6.58 Å². The molecule has 0 bridgehead atoms. The summed E-state index contributed by atoms with van der Waals surface area (Å²) in [4.78, 5) is 10.8. The Hall–Kier alpha value is -0.630. The Morgan fingerprint density at radius 2 is 1.43 bits per heavy atom. The molecule has 0 heterocycles. The fourth-order valence-corrected chi connectivity index (χ4v) is 2.57. The molecule has 0 rings (SSSR count). The third-order valence-corrected chi connectivity index (χ3v) is 4.12. The number of carbonyl (C=O) groups is 1. The molecule has 2 heteroatoms. The Morgan fingerprint density at radius 1 is 0.952 bits per heavy atom. The molecular formula is C19H36O2. The highest BCUT2D eigenvalue weighted by Crippen LogP contribution is 2.21. The predicted molar refractivity (Wildman–Crippen MR) is 91.5 cm³/mol. The van der Waals surface area contributed by atoms with Gasteiger partial charge >= 0.3 is 0 Å².